The molecule has 0 amide bonds. The van der Waals surface area contributed by atoms with E-state index in [1.165, 1.54) is 37.9 Å². The Morgan fingerprint density at radius 2 is 1.64 bits per heavy atom. The zero-order chi connectivity index (χ0) is 23.9. The average molecular weight is 464 g/mol. The van der Waals surface area contributed by atoms with Gasteiger partial charge in [-0.2, -0.15) is 0 Å². The first-order chi connectivity index (χ1) is 16.0. The van der Waals surface area contributed by atoms with Crippen LogP contribution in [0.25, 0.3) is 11.3 Å². The number of pyridine rings is 1. The normalized spacial score (nSPS) is 13.0. The van der Waals surface area contributed by atoms with Crippen molar-refractivity contribution in [3.05, 3.63) is 42.3 Å². The molecule has 1 heterocycles. The highest BCUT2D eigenvalue weighted by atomic mass is 19.1. The Morgan fingerprint density at radius 3 is 2.33 bits per heavy atom. The van der Waals surface area contributed by atoms with E-state index in [0.717, 1.165) is 19.3 Å². The third-order valence-electron chi connectivity index (χ3n) is 5.59. The Labute approximate surface area is 197 Å². The van der Waals surface area contributed by atoms with Gasteiger partial charge in [0.1, 0.15) is 30.1 Å². The highest BCUT2D eigenvalue weighted by Crippen LogP contribution is 2.26. The molecular formula is C27H39F2NO3. The van der Waals surface area contributed by atoms with Crippen molar-refractivity contribution in [3.8, 4) is 22.8 Å². The van der Waals surface area contributed by atoms with Crippen molar-refractivity contribution in [2.45, 2.75) is 90.3 Å². The number of halogens is 2. The van der Waals surface area contributed by atoms with Crippen LogP contribution in [0.3, 0.4) is 0 Å². The summed E-state index contributed by atoms with van der Waals surface area (Å²) >= 11 is 0. The van der Waals surface area contributed by atoms with E-state index in [4.69, 9.17) is 9.47 Å². The maximum absolute atomic E-state index is 14.6. The Morgan fingerprint density at radius 1 is 0.879 bits per heavy atom. The molecule has 1 aromatic carbocycles. The van der Waals surface area contributed by atoms with Crippen molar-refractivity contribution >= 4 is 0 Å². The molecule has 0 saturated heterocycles. The molecule has 6 heteroatoms. The lowest BCUT2D eigenvalue weighted by molar-refractivity contribution is 0.122. The van der Waals surface area contributed by atoms with Crippen molar-refractivity contribution in [2.24, 2.45) is 0 Å². The zero-order valence-corrected chi connectivity index (χ0v) is 20.1. The minimum atomic E-state index is -1.16. The van der Waals surface area contributed by atoms with Gasteiger partial charge in [0, 0.05) is 11.6 Å². The number of hydrogen-bond donors (Lipinski definition) is 1. The zero-order valence-electron chi connectivity index (χ0n) is 20.1. The molecule has 184 valence electrons. The van der Waals surface area contributed by atoms with Crippen molar-refractivity contribution < 1.29 is 23.4 Å². The monoisotopic (exact) mass is 463 g/mol. The molecule has 0 saturated carbocycles. The topological polar surface area (TPSA) is 51.6 Å². The van der Waals surface area contributed by atoms with Gasteiger partial charge < -0.3 is 14.6 Å². The van der Waals surface area contributed by atoms with Gasteiger partial charge >= 0.3 is 0 Å². The number of ether oxygens (including phenoxy) is 2. The number of hydrogen-bond acceptors (Lipinski definition) is 4. The minimum Gasteiger partial charge on any atom is -0.493 e. The molecule has 0 radical (unpaired) electrons. The molecule has 33 heavy (non-hydrogen) atoms. The van der Waals surface area contributed by atoms with E-state index in [9.17, 15) is 13.9 Å². The molecule has 0 aliphatic rings. The lowest BCUT2D eigenvalue weighted by Crippen LogP contribution is -2.16. The molecule has 2 rings (SSSR count). The largest absolute Gasteiger partial charge is 0.493 e. The molecule has 4 nitrogen and oxygen atoms in total. The van der Waals surface area contributed by atoms with E-state index in [0.29, 0.717) is 42.2 Å². The van der Waals surface area contributed by atoms with Gasteiger partial charge in [-0.1, -0.05) is 52.4 Å². The van der Waals surface area contributed by atoms with Crippen molar-refractivity contribution in [1.82, 2.24) is 4.98 Å². The second kappa shape index (κ2) is 15.6. The van der Waals surface area contributed by atoms with Gasteiger partial charge in [-0.15, -0.1) is 0 Å². The van der Waals surface area contributed by atoms with Gasteiger partial charge in [-0.25, -0.2) is 8.78 Å². The fraction of sp³-hybridized carbons (Fsp3) is 0.593. The van der Waals surface area contributed by atoms with Crippen LogP contribution < -0.4 is 9.47 Å². The van der Waals surface area contributed by atoms with Crippen molar-refractivity contribution in [1.29, 1.82) is 0 Å². The van der Waals surface area contributed by atoms with Crippen LogP contribution in [0.1, 0.15) is 78.1 Å². The molecule has 2 atom stereocenters. The molecule has 0 bridgehead atoms. The fourth-order valence-corrected chi connectivity index (χ4v) is 3.61. The first kappa shape index (κ1) is 27.0. The van der Waals surface area contributed by atoms with E-state index in [2.05, 4.69) is 11.9 Å². The summed E-state index contributed by atoms with van der Waals surface area (Å²) in [6, 6.07) is 8.11. The predicted molar refractivity (Wildman–Crippen MR) is 129 cm³/mol. The van der Waals surface area contributed by atoms with Crippen LogP contribution in [0.4, 0.5) is 8.78 Å². The van der Waals surface area contributed by atoms with Gasteiger partial charge in [0.25, 0.3) is 0 Å². The van der Waals surface area contributed by atoms with Crippen molar-refractivity contribution in [3.63, 3.8) is 0 Å². The van der Waals surface area contributed by atoms with E-state index in [-0.39, 0.29) is 13.0 Å². The first-order valence-electron chi connectivity index (χ1n) is 12.4. The van der Waals surface area contributed by atoms with Crippen molar-refractivity contribution in [2.75, 3.05) is 13.2 Å². The summed E-state index contributed by atoms with van der Waals surface area (Å²) < 4.78 is 39.7. The number of rotatable bonds is 17. The number of aliphatic hydroxyl groups is 1. The second-order valence-corrected chi connectivity index (χ2v) is 8.57. The van der Waals surface area contributed by atoms with Gasteiger partial charge in [0.2, 0.25) is 0 Å². The Balaban J connectivity index is 1.77. The third kappa shape index (κ3) is 10.5. The highest BCUT2D eigenvalue weighted by Gasteiger charge is 2.12. The third-order valence-corrected chi connectivity index (χ3v) is 5.59. The molecule has 0 spiro atoms. The Kier molecular flexibility index (Phi) is 12.8. The molecule has 1 N–H and O–H groups in total. The van der Waals surface area contributed by atoms with Gasteiger partial charge in [-0.3, -0.25) is 4.98 Å². The number of benzene rings is 1. The molecule has 2 aromatic rings. The summed E-state index contributed by atoms with van der Waals surface area (Å²) in [5.41, 5.74) is 0.851. The lowest BCUT2D eigenvalue weighted by atomic mass is 10.1. The molecular weight excluding hydrogens is 424 g/mol. The summed E-state index contributed by atoms with van der Waals surface area (Å²) in [6.45, 7) is 4.67. The van der Waals surface area contributed by atoms with Gasteiger partial charge in [-0.05, 0) is 49.9 Å². The van der Waals surface area contributed by atoms with Gasteiger partial charge in [0.05, 0.1) is 24.6 Å². The average Bonchev–Trinajstić information content (AvgIpc) is 2.81. The SMILES string of the molecule is CCCCCCCCOc1ccc(-c2ccc(OCC(F)CCC(O)CCC)cn2)c(F)c1. The number of aromatic nitrogens is 1. The molecule has 1 aromatic heterocycles. The molecule has 0 aliphatic heterocycles. The van der Waals surface area contributed by atoms with Crippen LogP contribution in [-0.2, 0) is 0 Å². The summed E-state index contributed by atoms with van der Waals surface area (Å²) in [4.78, 5) is 4.26. The molecule has 2 unspecified atom stereocenters. The quantitative estimate of drug-likeness (QED) is 0.250. The van der Waals surface area contributed by atoms with Crippen LogP contribution in [0, 0.1) is 5.82 Å². The summed E-state index contributed by atoms with van der Waals surface area (Å²) in [5.74, 6) is 0.545. The van der Waals surface area contributed by atoms with Crippen LogP contribution in [0.5, 0.6) is 11.5 Å². The Bertz CT molecular complexity index is 785. The molecule has 0 aliphatic carbocycles. The molecule has 0 fully saturated rings. The lowest BCUT2D eigenvalue weighted by Gasteiger charge is -2.13. The number of alkyl halides is 1. The maximum Gasteiger partial charge on any atom is 0.137 e. The predicted octanol–water partition coefficient (Wildman–Crippen LogP) is 7.29. The fourth-order valence-electron chi connectivity index (χ4n) is 3.61. The summed E-state index contributed by atoms with van der Waals surface area (Å²) in [6.07, 6.45) is 9.16. The number of aliphatic hydroxyl groups excluding tert-OH is 1. The minimum absolute atomic E-state index is 0.0983. The van der Waals surface area contributed by atoms with E-state index in [1.54, 1.807) is 24.3 Å². The summed E-state index contributed by atoms with van der Waals surface area (Å²) in [7, 11) is 0. The van der Waals surface area contributed by atoms with E-state index < -0.39 is 18.1 Å². The smallest absolute Gasteiger partial charge is 0.137 e. The van der Waals surface area contributed by atoms with Crippen LogP contribution in [0.15, 0.2) is 36.5 Å². The number of unbranched alkanes of at least 4 members (excludes halogenated alkanes) is 5. The van der Waals surface area contributed by atoms with E-state index >= 15 is 0 Å². The van der Waals surface area contributed by atoms with E-state index in [1.807, 2.05) is 6.92 Å². The second-order valence-electron chi connectivity index (χ2n) is 8.57. The van der Waals surface area contributed by atoms with Gasteiger partial charge in [0.15, 0.2) is 0 Å². The Hall–Kier alpha value is -2.21. The number of nitrogens with zero attached hydrogens (tertiary/aromatic N) is 1. The standard InChI is InChI=1S/C27H39F2NO3/c1-3-5-6-7-8-9-17-32-23-13-15-25(26(29)18-23)27-16-14-24(19-30-27)33-20-21(28)11-12-22(31)10-4-2/h13-16,18-19,21-22,31H,3-12,17,20H2,1-2H3. The van der Waals surface area contributed by atoms with Crippen LogP contribution >= 0.6 is 0 Å². The maximum atomic E-state index is 14.6. The van der Waals surface area contributed by atoms with Crippen LogP contribution in [0.2, 0.25) is 0 Å². The summed E-state index contributed by atoms with van der Waals surface area (Å²) in [5, 5.41) is 9.70. The highest BCUT2D eigenvalue weighted by molar-refractivity contribution is 5.61. The first-order valence-corrected chi connectivity index (χ1v) is 12.4. The van der Waals surface area contributed by atoms with Crippen LogP contribution in [-0.4, -0.2) is 35.6 Å².